The molecule has 0 aromatic carbocycles. The van der Waals surface area contributed by atoms with Crippen molar-refractivity contribution in [2.75, 3.05) is 11.4 Å². The van der Waals surface area contributed by atoms with Crippen LogP contribution in [0.2, 0.25) is 5.02 Å². The topological polar surface area (TPSA) is 76.3 Å². The third-order valence-electron chi connectivity index (χ3n) is 2.63. The molecule has 1 atom stereocenters. The minimum atomic E-state index is -0.620. The Morgan fingerprint density at radius 1 is 1.67 bits per heavy atom. The third kappa shape index (κ3) is 2.13. The SMILES string of the molecule is C#CC1CC(=O)N(c2ncc(Cl)cc2[N+](=O)[O-])C1. The largest absolute Gasteiger partial charge is 0.313 e. The maximum absolute atomic E-state index is 11.7. The van der Waals surface area contributed by atoms with Gasteiger partial charge < -0.3 is 0 Å². The van der Waals surface area contributed by atoms with E-state index in [-0.39, 0.29) is 41.3 Å². The zero-order valence-corrected chi connectivity index (χ0v) is 9.92. The molecule has 1 aliphatic heterocycles. The molecule has 18 heavy (non-hydrogen) atoms. The molecule has 1 amide bonds. The first-order chi connectivity index (χ1) is 8.52. The van der Waals surface area contributed by atoms with Gasteiger partial charge in [0.05, 0.1) is 9.95 Å². The number of carbonyl (C=O) groups is 1. The smallest absolute Gasteiger partial charge is 0.290 e. The number of hydrogen-bond acceptors (Lipinski definition) is 4. The molecule has 0 radical (unpaired) electrons. The first-order valence-corrected chi connectivity index (χ1v) is 5.47. The highest BCUT2D eigenvalue weighted by atomic mass is 35.5. The zero-order valence-electron chi connectivity index (χ0n) is 9.17. The lowest BCUT2D eigenvalue weighted by Crippen LogP contribution is -2.26. The lowest BCUT2D eigenvalue weighted by molar-refractivity contribution is -0.384. The van der Waals surface area contributed by atoms with Crippen LogP contribution in [0.3, 0.4) is 0 Å². The van der Waals surface area contributed by atoms with Gasteiger partial charge in [0.15, 0.2) is 0 Å². The zero-order chi connectivity index (χ0) is 13.3. The molecule has 0 aliphatic carbocycles. The highest BCUT2D eigenvalue weighted by molar-refractivity contribution is 6.30. The number of hydrogen-bond donors (Lipinski definition) is 0. The van der Waals surface area contributed by atoms with Crippen LogP contribution in [0.5, 0.6) is 0 Å². The van der Waals surface area contributed by atoms with Gasteiger partial charge in [-0.1, -0.05) is 11.6 Å². The molecule has 1 unspecified atom stereocenters. The number of terminal acetylenes is 1. The standard InChI is InChI=1S/C11H8ClN3O3/c1-2-7-3-10(16)14(6-7)11-9(15(17)18)4-8(12)5-13-11/h1,4-5,7H,3,6H2. The molecular weight excluding hydrogens is 258 g/mol. The van der Waals surface area contributed by atoms with Crippen molar-refractivity contribution in [3.63, 3.8) is 0 Å². The van der Waals surface area contributed by atoms with E-state index in [1.165, 1.54) is 17.2 Å². The summed E-state index contributed by atoms with van der Waals surface area (Å²) in [4.78, 5) is 27.1. The van der Waals surface area contributed by atoms with Gasteiger partial charge in [0, 0.05) is 31.1 Å². The summed E-state index contributed by atoms with van der Waals surface area (Å²) in [6.07, 6.45) is 6.70. The van der Waals surface area contributed by atoms with E-state index in [0.717, 1.165) is 0 Å². The average molecular weight is 266 g/mol. The van der Waals surface area contributed by atoms with Gasteiger partial charge in [-0.05, 0) is 0 Å². The summed E-state index contributed by atoms with van der Waals surface area (Å²) in [5.41, 5.74) is -0.298. The van der Waals surface area contributed by atoms with Crippen LogP contribution >= 0.6 is 11.6 Å². The second-order valence-corrected chi connectivity index (χ2v) is 4.26. The number of nitro groups is 1. The van der Waals surface area contributed by atoms with E-state index >= 15 is 0 Å². The molecule has 6 nitrogen and oxygen atoms in total. The number of anilines is 1. The van der Waals surface area contributed by atoms with Gasteiger partial charge >= 0.3 is 5.69 Å². The Kier molecular flexibility index (Phi) is 3.17. The van der Waals surface area contributed by atoms with Crippen LogP contribution in [0.1, 0.15) is 6.42 Å². The molecule has 2 rings (SSSR count). The second kappa shape index (κ2) is 4.63. The molecular formula is C11H8ClN3O3. The Bertz CT molecular complexity index is 567. The van der Waals surface area contributed by atoms with Crippen LogP contribution in [0.25, 0.3) is 0 Å². The number of amides is 1. The minimum absolute atomic E-state index is 0.00727. The molecule has 7 heteroatoms. The maximum Gasteiger partial charge on any atom is 0.313 e. The minimum Gasteiger partial charge on any atom is -0.290 e. The summed E-state index contributed by atoms with van der Waals surface area (Å²) in [5.74, 6) is 1.95. The fourth-order valence-electron chi connectivity index (χ4n) is 1.79. The Morgan fingerprint density at radius 3 is 2.94 bits per heavy atom. The van der Waals surface area contributed by atoms with Gasteiger partial charge in [-0.2, -0.15) is 0 Å². The van der Waals surface area contributed by atoms with Gasteiger partial charge in [0.25, 0.3) is 0 Å². The normalized spacial score (nSPS) is 18.8. The van der Waals surface area contributed by atoms with E-state index in [2.05, 4.69) is 10.9 Å². The van der Waals surface area contributed by atoms with E-state index in [1.807, 2.05) is 0 Å². The number of pyridine rings is 1. The summed E-state index contributed by atoms with van der Waals surface area (Å²) >= 11 is 5.66. The summed E-state index contributed by atoms with van der Waals surface area (Å²) in [5, 5.41) is 11.1. The average Bonchev–Trinajstić information content (AvgIpc) is 2.70. The monoisotopic (exact) mass is 265 g/mol. The molecule has 1 aromatic rings. The van der Waals surface area contributed by atoms with E-state index in [1.54, 1.807) is 0 Å². The molecule has 1 fully saturated rings. The van der Waals surface area contributed by atoms with Crippen molar-refractivity contribution in [1.29, 1.82) is 0 Å². The second-order valence-electron chi connectivity index (χ2n) is 3.83. The summed E-state index contributed by atoms with van der Waals surface area (Å²) in [7, 11) is 0. The Balaban J connectivity index is 2.43. The first-order valence-electron chi connectivity index (χ1n) is 5.09. The number of nitrogens with zero attached hydrogens (tertiary/aromatic N) is 3. The van der Waals surface area contributed by atoms with E-state index in [9.17, 15) is 14.9 Å². The van der Waals surface area contributed by atoms with Crippen molar-refractivity contribution in [1.82, 2.24) is 4.98 Å². The van der Waals surface area contributed by atoms with Crippen LogP contribution in [-0.2, 0) is 4.79 Å². The lowest BCUT2D eigenvalue weighted by Gasteiger charge is -2.14. The van der Waals surface area contributed by atoms with E-state index < -0.39 is 4.92 Å². The molecule has 0 bridgehead atoms. The van der Waals surface area contributed by atoms with E-state index in [4.69, 9.17) is 18.0 Å². The number of carbonyl (C=O) groups excluding carboxylic acids is 1. The Labute approximate surface area is 108 Å². The van der Waals surface area contributed by atoms with Crippen molar-refractivity contribution in [2.24, 2.45) is 5.92 Å². The van der Waals surface area contributed by atoms with Gasteiger partial charge in [0.2, 0.25) is 11.7 Å². The lowest BCUT2D eigenvalue weighted by atomic mass is 10.1. The highest BCUT2D eigenvalue weighted by Gasteiger charge is 2.34. The van der Waals surface area contributed by atoms with Crippen LogP contribution in [0.4, 0.5) is 11.5 Å². The van der Waals surface area contributed by atoms with Crippen LogP contribution in [0.15, 0.2) is 12.3 Å². The van der Waals surface area contributed by atoms with E-state index in [0.29, 0.717) is 0 Å². The van der Waals surface area contributed by atoms with Crippen LogP contribution < -0.4 is 4.90 Å². The molecule has 2 heterocycles. The van der Waals surface area contributed by atoms with Gasteiger partial charge in [-0.25, -0.2) is 4.98 Å². The Hall–Kier alpha value is -2.13. The van der Waals surface area contributed by atoms with Crippen molar-refractivity contribution >= 4 is 29.0 Å². The van der Waals surface area contributed by atoms with Crippen molar-refractivity contribution in [3.8, 4) is 12.3 Å². The predicted octanol–water partition coefficient (Wildman–Crippen LogP) is 1.63. The number of aromatic nitrogens is 1. The fourth-order valence-corrected chi connectivity index (χ4v) is 1.94. The molecule has 1 aromatic heterocycles. The number of halogens is 1. The molecule has 0 N–H and O–H groups in total. The molecule has 92 valence electrons. The summed E-state index contributed by atoms with van der Waals surface area (Å²) in [6.45, 7) is 0.241. The van der Waals surface area contributed by atoms with Crippen molar-refractivity contribution < 1.29 is 9.72 Å². The third-order valence-corrected chi connectivity index (χ3v) is 2.83. The first kappa shape index (κ1) is 12.3. The van der Waals surface area contributed by atoms with Crippen molar-refractivity contribution in [3.05, 3.63) is 27.4 Å². The van der Waals surface area contributed by atoms with Gasteiger partial charge in [0.1, 0.15) is 0 Å². The summed E-state index contributed by atoms with van der Waals surface area (Å²) < 4.78 is 0. The predicted molar refractivity (Wildman–Crippen MR) is 65.2 cm³/mol. The molecule has 0 saturated carbocycles. The van der Waals surface area contributed by atoms with Crippen LogP contribution in [-0.4, -0.2) is 22.4 Å². The number of rotatable bonds is 2. The molecule has 0 spiro atoms. The Morgan fingerprint density at radius 2 is 2.39 bits per heavy atom. The fraction of sp³-hybridized carbons (Fsp3) is 0.273. The van der Waals surface area contributed by atoms with Crippen LogP contribution in [0, 0.1) is 28.4 Å². The highest BCUT2D eigenvalue weighted by Crippen LogP contribution is 2.32. The van der Waals surface area contributed by atoms with Gasteiger partial charge in [-0.3, -0.25) is 19.8 Å². The summed E-state index contributed by atoms with van der Waals surface area (Å²) in [6, 6.07) is 1.17. The molecule has 1 saturated heterocycles. The quantitative estimate of drug-likeness (QED) is 0.463. The molecule has 1 aliphatic rings. The van der Waals surface area contributed by atoms with Crippen molar-refractivity contribution in [2.45, 2.75) is 6.42 Å². The maximum atomic E-state index is 11.7. The van der Waals surface area contributed by atoms with Gasteiger partial charge in [-0.15, -0.1) is 12.3 Å².